The molecule has 238 valence electrons. The predicted octanol–water partition coefficient (Wildman–Crippen LogP) is 5.63. The van der Waals surface area contributed by atoms with Gasteiger partial charge < -0.3 is 21.3 Å². The van der Waals surface area contributed by atoms with Crippen LogP contribution in [0.3, 0.4) is 0 Å². The Labute approximate surface area is 263 Å². The minimum absolute atomic E-state index is 0.00372. The molecule has 1 aromatic carbocycles. The van der Waals surface area contributed by atoms with E-state index in [4.69, 9.17) is 5.73 Å². The van der Waals surface area contributed by atoms with Crippen molar-refractivity contribution in [2.45, 2.75) is 56.8 Å². The van der Waals surface area contributed by atoms with Gasteiger partial charge in [-0.3, -0.25) is 14.5 Å². The Balaban J connectivity index is 1.08. The molecule has 3 heterocycles. The van der Waals surface area contributed by atoms with Gasteiger partial charge in [-0.15, -0.1) is 11.3 Å². The summed E-state index contributed by atoms with van der Waals surface area (Å²) in [5.74, 6) is -0.606. The lowest BCUT2D eigenvalue weighted by atomic mass is 9.88. The van der Waals surface area contributed by atoms with E-state index in [1.165, 1.54) is 32.1 Å². The second-order valence-electron chi connectivity index (χ2n) is 12.6. The number of halogens is 3. The van der Waals surface area contributed by atoms with Crippen LogP contribution in [0.25, 0.3) is 10.2 Å². The van der Waals surface area contributed by atoms with Crippen molar-refractivity contribution in [1.82, 2.24) is 19.8 Å². The molecule has 3 aliphatic carbocycles. The number of anilines is 3. The molecule has 2 bridgehead atoms. The maximum absolute atomic E-state index is 13.7. The highest BCUT2D eigenvalue weighted by Gasteiger charge is 2.48. The van der Waals surface area contributed by atoms with Crippen LogP contribution in [-0.2, 0) is 11.0 Å². The third-order valence-corrected chi connectivity index (χ3v) is 11.0. The third-order valence-electron chi connectivity index (χ3n) is 9.82. The number of rotatable bonds is 7. The summed E-state index contributed by atoms with van der Waals surface area (Å²) in [5.41, 5.74) is 7.01. The first-order valence-electron chi connectivity index (χ1n) is 15.7. The summed E-state index contributed by atoms with van der Waals surface area (Å²) in [6.45, 7) is 3.19. The van der Waals surface area contributed by atoms with Crippen LogP contribution in [0.1, 0.15) is 53.8 Å². The number of nitrogens with two attached hydrogens (primary N) is 1. The van der Waals surface area contributed by atoms with Crippen molar-refractivity contribution in [1.29, 1.82) is 0 Å². The normalized spacial score (nSPS) is 25.6. The number of nitrogens with one attached hydrogen (secondary N) is 2. The molecule has 13 heteroatoms. The Bertz CT molecular complexity index is 1610. The van der Waals surface area contributed by atoms with Gasteiger partial charge in [0.2, 0.25) is 11.9 Å². The van der Waals surface area contributed by atoms with Gasteiger partial charge in [0.1, 0.15) is 10.7 Å². The number of thiophene rings is 1. The fourth-order valence-corrected chi connectivity index (χ4v) is 8.45. The zero-order valence-electron chi connectivity index (χ0n) is 24.7. The van der Waals surface area contributed by atoms with E-state index in [0.717, 1.165) is 25.6 Å². The van der Waals surface area contributed by atoms with Gasteiger partial charge in [0.05, 0.1) is 16.1 Å². The lowest BCUT2D eigenvalue weighted by Crippen LogP contribution is -2.52. The number of hydrogen-bond acceptors (Lipinski definition) is 8. The maximum Gasteiger partial charge on any atom is 0.425 e. The highest BCUT2D eigenvalue weighted by Crippen LogP contribution is 2.46. The van der Waals surface area contributed by atoms with Crippen molar-refractivity contribution in [2.75, 3.05) is 36.8 Å². The Hall–Kier alpha value is -3.71. The fraction of sp³-hybridized carbons (Fsp3) is 0.500. The number of carbonyl (C=O) groups excluding carboxylic acids is 2. The standard InChI is InChI=1S/C32H36F3N7O2S/c33-32(34,35)24-17-23-27(45-24)29(39-26-20-7-6-19(16-20)25(26)28(36)43)40-31(38-23)37-21-10-8-18(9-11-21)30(44)42-14-12-41(13-15-42)22-4-2-1-3-5-22/h6-11,17,19-20,22,25-26H,1-5,12-16H2,(H2,36,43)(H2,37,38,39,40)/t19?,20?,25-,26-/m0/s1. The lowest BCUT2D eigenvalue weighted by molar-refractivity contribution is -0.134. The highest BCUT2D eigenvalue weighted by atomic mass is 32.1. The van der Waals surface area contributed by atoms with Gasteiger partial charge in [-0.05, 0) is 61.4 Å². The van der Waals surface area contributed by atoms with Crippen LogP contribution < -0.4 is 16.4 Å². The number of piperazine rings is 1. The van der Waals surface area contributed by atoms with Crippen molar-refractivity contribution in [3.8, 4) is 0 Å². The van der Waals surface area contributed by atoms with E-state index >= 15 is 0 Å². The van der Waals surface area contributed by atoms with Gasteiger partial charge in [-0.25, -0.2) is 4.98 Å². The first kappa shape index (κ1) is 30.0. The smallest absolute Gasteiger partial charge is 0.369 e. The molecule has 4 N–H and O–H groups in total. The van der Waals surface area contributed by atoms with E-state index in [1.54, 1.807) is 24.3 Å². The van der Waals surface area contributed by atoms with Crippen molar-refractivity contribution >= 4 is 50.8 Å². The molecule has 1 aliphatic heterocycles. The number of alkyl halides is 3. The second-order valence-corrected chi connectivity index (χ2v) is 13.6. The molecule has 0 spiro atoms. The summed E-state index contributed by atoms with van der Waals surface area (Å²) in [7, 11) is 0. The number of fused-ring (bicyclic) bond motifs is 3. The van der Waals surface area contributed by atoms with Gasteiger partial charge in [-0.2, -0.15) is 18.2 Å². The number of carbonyl (C=O) groups is 2. The molecule has 7 rings (SSSR count). The van der Waals surface area contributed by atoms with Crippen LogP contribution in [-0.4, -0.2) is 69.8 Å². The molecule has 45 heavy (non-hydrogen) atoms. The first-order valence-corrected chi connectivity index (χ1v) is 16.5. The summed E-state index contributed by atoms with van der Waals surface area (Å²) in [6, 6.07) is 8.23. The van der Waals surface area contributed by atoms with E-state index in [9.17, 15) is 22.8 Å². The molecular formula is C32H36F3N7O2S. The highest BCUT2D eigenvalue weighted by molar-refractivity contribution is 7.19. The number of primary amides is 1. The van der Waals surface area contributed by atoms with Crippen LogP contribution in [0, 0.1) is 17.8 Å². The molecule has 2 amide bonds. The minimum Gasteiger partial charge on any atom is -0.369 e. The van der Waals surface area contributed by atoms with Crippen LogP contribution >= 0.6 is 11.3 Å². The molecule has 1 saturated heterocycles. The Morgan fingerprint density at radius 2 is 1.67 bits per heavy atom. The zero-order valence-corrected chi connectivity index (χ0v) is 25.5. The average molecular weight is 640 g/mol. The van der Waals surface area contributed by atoms with Crippen molar-refractivity contribution in [3.05, 3.63) is 52.9 Å². The van der Waals surface area contributed by atoms with Crippen LogP contribution in [0.4, 0.5) is 30.6 Å². The van der Waals surface area contributed by atoms with E-state index in [0.29, 0.717) is 41.7 Å². The van der Waals surface area contributed by atoms with Gasteiger partial charge in [0.15, 0.2) is 0 Å². The summed E-state index contributed by atoms with van der Waals surface area (Å²) < 4.78 is 41.3. The first-order chi connectivity index (χ1) is 21.6. The quantitative estimate of drug-likeness (QED) is 0.287. The molecule has 3 aromatic rings. The number of hydrogen-bond donors (Lipinski definition) is 3. The molecule has 9 nitrogen and oxygen atoms in total. The topological polar surface area (TPSA) is 116 Å². The number of nitrogens with zero attached hydrogens (tertiary/aromatic N) is 4. The van der Waals surface area contributed by atoms with Gasteiger partial charge in [0.25, 0.3) is 5.91 Å². The van der Waals surface area contributed by atoms with Crippen molar-refractivity contribution < 1.29 is 22.8 Å². The van der Waals surface area contributed by atoms with Gasteiger partial charge in [0, 0.05) is 49.5 Å². The second kappa shape index (κ2) is 11.9. The molecular weight excluding hydrogens is 603 g/mol. The molecule has 3 fully saturated rings. The Morgan fingerprint density at radius 3 is 2.36 bits per heavy atom. The molecule has 4 atom stereocenters. The van der Waals surface area contributed by atoms with E-state index in [-0.39, 0.29) is 45.8 Å². The summed E-state index contributed by atoms with van der Waals surface area (Å²) >= 11 is 0.566. The monoisotopic (exact) mass is 639 g/mol. The Morgan fingerprint density at radius 1 is 0.956 bits per heavy atom. The van der Waals surface area contributed by atoms with Crippen molar-refractivity contribution in [3.63, 3.8) is 0 Å². The predicted molar refractivity (Wildman–Crippen MR) is 167 cm³/mol. The summed E-state index contributed by atoms with van der Waals surface area (Å²) in [4.78, 5) is 38.1. The molecule has 4 aliphatic rings. The molecule has 2 unspecified atom stereocenters. The number of benzene rings is 1. The molecule has 2 aromatic heterocycles. The zero-order chi connectivity index (χ0) is 31.3. The SMILES string of the molecule is NC(=O)[C@H]1C2C=CC(C2)[C@@H]1Nc1nc(Nc2ccc(C(=O)N3CCN(C4CCCCC4)CC3)cc2)nc2cc(C(F)(F)F)sc12. The van der Waals surface area contributed by atoms with Crippen LogP contribution in [0.2, 0.25) is 0 Å². The average Bonchev–Trinajstić information content (AvgIpc) is 3.77. The van der Waals surface area contributed by atoms with Gasteiger partial charge >= 0.3 is 6.18 Å². The minimum atomic E-state index is -4.54. The number of amides is 2. The van der Waals surface area contributed by atoms with E-state index in [1.807, 2.05) is 17.1 Å². The molecule has 2 saturated carbocycles. The Kier molecular flexibility index (Phi) is 7.93. The van der Waals surface area contributed by atoms with Gasteiger partial charge in [-0.1, -0.05) is 31.4 Å². The van der Waals surface area contributed by atoms with Crippen LogP contribution in [0.15, 0.2) is 42.5 Å². The number of aromatic nitrogens is 2. The van der Waals surface area contributed by atoms with Crippen molar-refractivity contribution in [2.24, 2.45) is 23.5 Å². The fourth-order valence-electron chi connectivity index (χ4n) is 7.53. The van der Waals surface area contributed by atoms with E-state index < -0.39 is 22.9 Å². The summed E-state index contributed by atoms with van der Waals surface area (Å²) in [5, 5.41) is 6.36. The number of allylic oxidation sites excluding steroid dienone is 1. The lowest BCUT2D eigenvalue weighted by Gasteiger charge is -2.40. The maximum atomic E-state index is 13.7. The third kappa shape index (κ3) is 5.99. The van der Waals surface area contributed by atoms with Crippen LogP contribution in [0.5, 0.6) is 0 Å². The largest absolute Gasteiger partial charge is 0.425 e. The summed E-state index contributed by atoms with van der Waals surface area (Å²) in [6.07, 6.45) is 6.62. The molecule has 0 radical (unpaired) electrons. The van der Waals surface area contributed by atoms with E-state index in [2.05, 4.69) is 25.5 Å².